The first-order chi connectivity index (χ1) is 10.3. The van der Waals surface area contributed by atoms with Gasteiger partial charge in [-0.05, 0) is 55.0 Å². The lowest BCUT2D eigenvalue weighted by molar-refractivity contribution is 0.165. The van der Waals surface area contributed by atoms with Gasteiger partial charge in [0, 0.05) is 47.7 Å². The molecule has 0 saturated carbocycles. The summed E-state index contributed by atoms with van der Waals surface area (Å²) in [5, 5.41) is 2.40. The van der Waals surface area contributed by atoms with Crippen LogP contribution >= 0.6 is 11.3 Å². The Hall–Kier alpha value is -1.23. The van der Waals surface area contributed by atoms with Crippen LogP contribution in [0.5, 0.6) is 0 Å². The third-order valence-electron chi connectivity index (χ3n) is 4.87. The smallest absolute Gasteiger partial charge is 0.0382 e. The van der Waals surface area contributed by atoms with Crippen LogP contribution in [0.25, 0.3) is 10.4 Å². The van der Waals surface area contributed by atoms with Crippen LogP contribution in [0.2, 0.25) is 0 Å². The van der Waals surface area contributed by atoms with Crippen LogP contribution in [0.1, 0.15) is 29.2 Å². The molecule has 2 bridgehead atoms. The van der Waals surface area contributed by atoms with Crippen molar-refractivity contribution in [2.24, 2.45) is 5.92 Å². The van der Waals surface area contributed by atoms with Gasteiger partial charge in [-0.3, -0.25) is 10.4 Å². The minimum Gasteiger partial charge on any atom is -0.265 e. The van der Waals surface area contributed by atoms with Gasteiger partial charge in [0.2, 0.25) is 0 Å². The standard InChI is InChI=1S/C17H21N3S/c1-12-10-15(17(21-12)14-2-6-18-7-3-14)16-11-19-20-8-4-13(16)5-9-20/h2-3,6-7,10,13,16,19H,4-5,8-9,11H2,1H3. The molecule has 3 nitrogen and oxygen atoms in total. The molecule has 2 aromatic heterocycles. The Balaban J connectivity index is 1.75. The molecule has 1 atom stereocenters. The maximum Gasteiger partial charge on any atom is 0.0382 e. The minimum atomic E-state index is 0.644. The van der Waals surface area contributed by atoms with E-state index >= 15 is 0 Å². The molecule has 3 fully saturated rings. The highest BCUT2D eigenvalue weighted by Crippen LogP contribution is 2.42. The summed E-state index contributed by atoms with van der Waals surface area (Å²) in [5.41, 5.74) is 6.50. The second kappa shape index (κ2) is 5.52. The fraction of sp³-hybridized carbons (Fsp3) is 0.471. The van der Waals surface area contributed by atoms with Crippen molar-refractivity contribution in [2.45, 2.75) is 25.7 Å². The maximum atomic E-state index is 4.16. The molecule has 5 heterocycles. The SMILES string of the molecule is Cc1cc(C2CNN3CCC2CC3)c(-c2ccncc2)s1. The summed E-state index contributed by atoms with van der Waals surface area (Å²) in [4.78, 5) is 7.02. The molecule has 0 aliphatic carbocycles. The molecule has 4 heteroatoms. The van der Waals surface area contributed by atoms with Crippen LogP contribution in [0.4, 0.5) is 0 Å². The highest BCUT2D eigenvalue weighted by Gasteiger charge is 2.33. The lowest BCUT2D eigenvalue weighted by Gasteiger charge is -2.28. The normalized spacial score (nSPS) is 28.5. The Morgan fingerprint density at radius 2 is 2.00 bits per heavy atom. The average molecular weight is 299 g/mol. The zero-order valence-corrected chi connectivity index (χ0v) is 13.2. The number of piperidine rings is 1. The summed E-state index contributed by atoms with van der Waals surface area (Å²) >= 11 is 1.92. The summed E-state index contributed by atoms with van der Waals surface area (Å²) in [7, 11) is 0. The van der Waals surface area contributed by atoms with Gasteiger partial charge in [-0.2, -0.15) is 0 Å². The Labute approximate surface area is 130 Å². The van der Waals surface area contributed by atoms with E-state index in [-0.39, 0.29) is 0 Å². The Kier molecular flexibility index (Phi) is 3.53. The lowest BCUT2D eigenvalue weighted by Crippen LogP contribution is -2.39. The van der Waals surface area contributed by atoms with E-state index < -0.39 is 0 Å². The molecule has 5 rings (SSSR count). The predicted molar refractivity (Wildman–Crippen MR) is 87.3 cm³/mol. The average Bonchev–Trinajstić information content (AvgIpc) is 2.71. The zero-order valence-electron chi connectivity index (χ0n) is 12.4. The van der Waals surface area contributed by atoms with Crippen LogP contribution < -0.4 is 5.43 Å². The molecule has 110 valence electrons. The molecule has 1 N–H and O–H groups in total. The van der Waals surface area contributed by atoms with Gasteiger partial charge < -0.3 is 0 Å². The van der Waals surface area contributed by atoms with Gasteiger partial charge in [0.25, 0.3) is 0 Å². The molecule has 0 radical (unpaired) electrons. The molecule has 0 amide bonds. The quantitative estimate of drug-likeness (QED) is 0.921. The topological polar surface area (TPSA) is 28.2 Å². The van der Waals surface area contributed by atoms with E-state index in [1.54, 1.807) is 5.56 Å². The summed E-state index contributed by atoms with van der Waals surface area (Å²) < 4.78 is 0. The first kappa shape index (κ1) is 13.4. The minimum absolute atomic E-state index is 0.644. The first-order valence-electron chi connectivity index (χ1n) is 7.80. The molecular formula is C17H21N3S. The number of fused-ring (bicyclic) bond motifs is 4. The summed E-state index contributed by atoms with van der Waals surface area (Å²) in [6.45, 7) is 5.71. The molecule has 3 aliphatic heterocycles. The highest BCUT2D eigenvalue weighted by atomic mass is 32.1. The Bertz CT molecular complexity index is 614. The van der Waals surface area contributed by atoms with Gasteiger partial charge in [0.05, 0.1) is 0 Å². The number of aryl methyl sites for hydroxylation is 1. The van der Waals surface area contributed by atoms with Crippen LogP contribution in [0, 0.1) is 12.8 Å². The molecule has 21 heavy (non-hydrogen) atoms. The molecule has 1 unspecified atom stereocenters. The van der Waals surface area contributed by atoms with E-state index in [0.29, 0.717) is 5.92 Å². The van der Waals surface area contributed by atoms with Gasteiger partial charge in [0.15, 0.2) is 0 Å². The van der Waals surface area contributed by atoms with Crippen LogP contribution in [0.15, 0.2) is 30.6 Å². The van der Waals surface area contributed by atoms with Crippen molar-refractivity contribution in [1.29, 1.82) is 0 Å². The highest BCUT2D eigenvalue weighted by molar-refractivity contribution is 7.15. The van der Waals surface area contributed by atoms with Gasteiger partial charge in [0.1, 0.15) is 0 Å². The van der Waals surface area contributed by atoms with Crippen molar-refractivity contribution < 1.29 is 0 Å². The molecule has 2 aromatic rings. The number of hydrazine groups is 1. The number of pyridine rings is 1. The fourth-order valence-corrected chi connectivity index (χ4v) is 4.85. The van der Waals surface area contributed by atoms with E-state index in [0.717, 1.165) is 12.5 Å². The van der Waals surface area contributed by atoms with E-state index in [2.05, 4.69) is 40.5 Å². The third-order valence-corrected chi connectivity index (χ3v) is 5.98. The number of rotatable bonds is 2. The van der Waals surface area contributed by atoms with Crippen molar-refractivity contribution in [2.75, 3.05) is 19.6 Å². The predicted octanol–water partition coefficient (Wildman–Crippen LogP) is 3.43. The molecule has 0 spiro atoms. The molecule has 0 aromatic carbocycles. The van der Waals surface area contributed by atoms with Crippen LogP contribution in [0.3, 0.4) is 0 Å². The van der Waals surface area contributed by atoms with Crippen molar-refractivity contribution in [3.05, 3.63) is 41.0 Å². The van der Waals surface area contributed by atoms with E-state index in [9.17, 15) is 0 Å². The Morgan fingerprint density at radius 1 is 1.24 bits per heavy atom. The maximum absolute atomic E-state index is 4.16. The van der Waals surface area contributed by atoms with Gasteiger partial charge in [-0.15, -0.1) is 11.3 Å². The second-order valence-electron chi connectivity index (χ2n) is 6.17. The molecule has 3 aliphatic rings. The summed E-state index contributed by atoms with van der Waals surface area (Å²) in [6.07, 6.45) is 6.44. The van der Waals surface area contributed by atoms with Crippen molar-refractivity contribution in [3.63, 3.8) is 0 Å². The number of hydrogen-bond donors (Lipinski definition) is 1. The summed E-state index contributed by atoms with van der Waals surface area (Å²) in [6, 6.07) is 6.69. The fourth-order valence-electron chi connectivity index (χ4n) is 3.76. The monoisotopic (exact) mass is 299 g/mol. The number of nitrogens with zero attached hydrogens (tertiary/aromatic N) is 2. The van der Waals surface area contributed by atoms with Crippen molar-refractivity contribution in [3.8, 4) is 10.4 Å². The van der Waals surface area contributed by atoms with E-state index in [1.165, 1.54) is 41.2 Å². The molecular weight excluding hydrogens is 278 g/mol. The number of aromatic nitrogens is 1. The second-order valence-corrected chi connectivity index (χ2v) is 7.43. The third kappa shape index (κ3) is 2.52. The zero-order chi connectivity index (χ0) is 14.2. The number of nitrogens with one attached hydrogen (secondary N) is 1. The molecule has 3 saturated heterocycles. The van der Waals surface area contributed by atoms with Crippen molar-refractivity contribution in [1.82, 2.24) is 15.4 Å². The van der Waals surface area contributed by atoms with Crippen LogP contribution in [-0.2, 0) is 0 Å². The van der Waals surface area contributed by atoms with E-state index in [4.69, 9.17) is 0 Å². The number of hydrogen-bond acceptors (Lipinski definition) is 4. The van der Waals surface area contributed by atoms with Crippen LogP contribution in [-0.4, -0.2) is 29.6 Å². The van der Waals surface area contributed by atoms with Gasteiger partial charge >= 0.3 is 0 Å². The largest absolute Gasteiger partial charge is 0.265 e. The van der Waals surface area contributed by atoms with Gasteiger partial charge in [-0.1, -0.05) is 0 Å². The first-order valence-corrected chi connectivity index (χ1v) is 8.62. The lowest BCUT2D eigenvalue weighted by atomic mass is 9.80. The summed E-state index contributed by atoms with van der Waals surface area (Å²) in [5.74, 6) is 1.47. The number of thiophene rings is 1. The van der Waals surface area contributed by atoms with Crippen molar-refractivity contribution >= 4 is 11.3 Å². The van der Waals surface area contributed by atoms with Gasteiger partial charge in [-0.25, -0.2) is 5.01 Å². The Morgan fingerprint density at radius 3 is 2.76 bits per heavy atom. The van der Waals surface area contributed by atoms with E-state index in [1.807, 2.05) is 23.7 Å².